The molecule has 2 atom stereocenters. The molecule has 0 aliphatic heterocycles. The molecule has 0 heterocycles. The predicted molar refractivity (Wildman–Crippen MR) is 45.0 cm³/mol. The van der Waals surface area contributed by atoms with Crippen molar-refractivity contribution < 1.29 is 39.5 Å². The van der Waals surface area contributed by atoms with Gasteiger partial charge in [-0.1, -0.05) is 13.3 Å². The second kappa shape index (κ2) is 5.56. The highest BCUT2D eigenvalue weighted by molar-refractivity contribution is 4.93. The van der Waals surface area contributed by atoms with Gasteiger partial charge in [0.15, 0.2) is 0 Å². The van der Waals surface area contributed by atoms with E-state index < -0.39 is 43.2 Å². The van der Waals surface area contributed by atoms with Gasteiger partial charge in [-0.25, -0.2) is 13.2 Å². The molecule has 0 aromatic carbocycles. The van der Waals surface area contributed by atoms with Crippen LogP contribution in [0.15, 0.2) is 0 Å². The molecule has 0 aliphatic rings. The minimum atomic E-state index is -6.04. The van der Waals surface area contributed by atoms with Gasteiger partial charge < -0.3 is 0 Å². The predicted octanol–water partition coefficient (Wildman–Crippen LogP) is 4.89. The Morgan fingerprint density at radius 2 is 1.33 bits per heavy atom. The van der Waals surface area contributed by atoms with Crippen LogP contribution >= 0.6 is 0 Å². The van der Waals surface area contributed by atoms with Crippen molar-refractivity contribution in [2.45, 2.75) is 50.6 Å². The third kappa shape index (κ3) is 3.94. The van der Waals surface area contributed by atoms with Gasteiger partial charge in [0.25, 0.3) is 12.1 Å². The summed E-state index contributed by atoms with van der Waals surface area (Å²) in [5.41, 5.74) is -5.14. The van der Waals surface area contributed by atoms with E-state index in [0.29, 0.717) is 0 Å². The summed E-state index contributed by atoms with van der Waals surface area (Å²) in [6.45, 7) is 1.23. The Morgan fingerprint density at radius 3 is 1.56 bits per heavy atom. The van der Waals surface area contributed by atoms with Gasteiger partial charge in [0.2, 0.25) is 0 Å². The molecule has 0 aliphatic carbocycles. The van der Waals surface area contributed by atoms with Gasteiger partial charge in [-0.3, -0.25) is 0 Å². The lowest BCUT2D eigenvalue weighted by molar-refractivity contribution is -0.286. The van der Waals surface area contributed by atoms with E-state index in [0.717, 1.165) is 0 Å². The maximum absolute atomic E-state index is 13.2. The SMILES string of the molecule is CCCC(CC(F)(C(F)F)C(F)(F)F)C(F)(F)F. The fraction of sp³-hybridized carbons (Fsp3) is 1.00. The molecule has 0 radical (unpaired) electrons. The Morgan fingerprint density at radius 1 is 0.889 bits per heavy atom. The van der Waals surface area contributed by atoms with Crippen molar-refractivity contribution in [3.8, 4) is 0 Å². The lowest BCUT2D eigenvalue weighted by Gasteiger charge is -2.31. The van der Waals surface area contributed by atoms with Gasteiger partial charge in [0.1, 0.15) is 0 Å². The van der Waals surface area contributed by atoms with Crippen molar-refractivity contribution in [2.24, 2.45) is 5.92 Å². The van der Waals surface area contributed by atoms with E-state index in [1.807, 2.05) is 0 Å². The first-order valence-corrected chi connectivity index (χ1v) is 4.96. The molecule has 0 aromatic heterocycles. The number of rotatable bonds is 5. The van der Waals surface area contributed by atoms with Crippen molar-refractivity contribution in [1.29, 1.82) is 0 Å². The normalized spacial score (nSPS) is 18.8. The Kier molecular flexibility index (Phi) is 5.37. The number of alkyl halides is 9. The molecular formula is C9H11F9. The zero-order valence-electron chi connectivity index (χ0n) is 9.18. The van der Waals surface area contributed by atoms with Gasteiger partial charge in [0.05, 0.1) is 5.92 Å². The summed E-state index contributed by atoms with van der Waals surface area (Å²) < 4.78 is 111. The van der Waals surface area contributed by atoms with E-state index in [1.54, 1.807) is 0 Å². The summed E-state index contributed by atoms with van der Waals surface area (Å²) in [6.07, 6.45) is -19.1. The molecule has 18 heavy (non-hydrogen) atoms. The molecule has 0 nitrogen and oxygen atoms in total. The second-order valence-corrected chi connectivity index (χ2v) is 3.89. The first kappa shape index (κ1) is 17.4. The van der Waals surface area contributed by atoms with E-state index in [-0.39, 0.29) is 6.42 Å². The molecule has 0 bridgehead atoms. The molecule has 0 aromatic rings. The topological polar surface area (TPSA) is 0 Å². The maximum atomic E-state index is 13.2. The molecular weight excluding hydrogens is 279 g/mol. The van der Waals surface area contributed by atoms with Crippen LogP contribution in [0.5, 0.6) is 0 Å². The fourth-order valence-corrected chi connectivity index (χ4v) is 1.42. The minimum Gasteiger partial charge on any atom is -0.227 e. The van der Waals surface area contributed by atoms with E-state index in [9.17, 15) is 39.5 Å². The summed E-state index contributed by atoms with van der Waals surface area (Å²) in [5.74, 6) is -2.75. The molecule has 0 N–H and O–H groups in total. The molecule has 0 amide bonds. The molecule has 0 spiro atoms. The van der Waals surface area contributed by atoms with Crippen LogP contribution in [-0.2, 0) is 0 Å². The summed E-state index contributed by atoms with van der Waals surface area (Å²) in [4.78, 5) is 0. The lowest BCUT2D eigenvalue weighted by atomic mass is 9.88. The number of hydrogen-bond acceptors (Lipinski definition) is 0. The maximum Gasteiger partial charge on any atom is 0.428 e. The summed E-state index contributed by atoms with van der Waals surface area (Å²) in [5, 5.41) is 0. The van der Waals surface area contributed by atoms with Gasteiger partial charge in [0, 0.05) is 6.42 Å². The van der Waals surface area contributed by atoms with E-state index >= 15 is 0 Å². The first-order valence-electron chi connectivity index (χ1n) is 4.96. The average molecular weight is 290 g/mol. The second-order valence-electron chi connectivity index (χ2n) is 3.89. The van der Waals surface area contributed by atoms with Gasteiger partial charge in [-0.05, 0) is 6.42 Å². The van der Waals surface area contributed by atoms with Crippen LogP contribution in [0, 0.1) is 5.92 Å². The van der Waals surface area contributed by atoms with Crippen molar-refractivity contribution in [1.82, 2.24) is 0 Å². The number of hydrogen-bond donors (Lipinski definition) is 0. The summed E-state index contributed by atoms with van der Waals surface area (Å²) in [6, 6.07) is 0. The number of halogens is 9. The average Bonchev–Trinajstić information content (AvgIpc) is 2.13. The highest BCUT2D eigenvalue weighted by atomic mass is 19.4. The van der Waals surface area contributed by atoms with Crippen molar-refractivity contribution in [3.05, 3.63) is 0 Å². The van der Waals surface area contributed by atoms with Crippen molar-refractivity contribution >= 4 is 0 Å². The van der Waals surface area contributed by atoms with E-state index in [2.05, 4.69) is 0 Å². The van der Waals surface area contributed by atoms with Crippen LogP contribution < -0.4 is 0 Å². The smallest absolute Gasteiger partial charge is 0.227 e. The van der Waals surface area contributed by atoms with E-state index in [4.69, 9.17) is 0 Å². The molecule has 9 heteroatoms. The Bertz CT molecular complexity index is 254. The third-order valence-corrected chi connectivity index (χ3v) is 2.46. The van der Waals surface area contributed by atoms with Crippen LogP contribution in [-0.4, -0.2) is 24.4 Å². The van der Waals surface area contributed by atoms with Crippen molar-refractivity contribution in [2.75, 3.05) is 0 Å². The Labute approximate surface area is 97.1 Å². The van der Waals surface area contributed by atoms with Crippen LogP contribution in [0.1, 0.15) is 26.2 Å². The van der Waals surface area contributed by atoms with Crippen LogP contribution in [0.4, 0.5) is 39.5 Å². The van der Waals surface area contributed by atoms with Gasteiger partial charge in [-0.2, -0.15) is 26.3 Å². The zero-order chi connectivity index (χ0) is 14.8. The monoisotopic (exact) mass is 290 g/mol. The summed E-state index contributed by atoms with van der Waals surface area (Å²) >= 11 is 0. The van der Waals surface area contributed by atoms with Crippen LogP contribution in [0.3, 0.4) is 0 Å². The first-order chi connectivity index (χ1) is 7.86. The highest BCUT2D eigenvalue weighted by Crippen LogP contribution is 2.47. The highest BCUT2D eigenvalue weighted by Gasteiger charge is 2.65. The zero-order valence-corrected chi connectivity index (χ0v) is 9.18. The molecule has 2 unspecified atom stereocenters. The van der Waals surface area contributed by atoms with E-state index in [1.165, 1.54) is 6.92 Å². The van der Waals surface area contributed by atoms with Crippen molar-refractivity contribution in [3.63, 3.8) is 0 Å². The Hall–Kier alpha value is -0.630. The lowest BCUT2D eigenvalue weighted by Crippen LogP contribution is -2.50. The molecule has 0 rings (SSSR count). The van der Waals surface area contributed by atoms with Gasteiger partial charge >= 0.3 is 12.4 Å². The standard InChI is InChI=1S/C9H11F9/c1-2-3-5(8(13,14)15)4-7(12,6(10)11)9(16,17)18/h5-6H,2-4H2,1H3. The van der Waals surface area contributed by atoms with Crippen LogP contribution in [0.25, 0.3) is 0 Å². The third-order valence-electron chi connectivity index (χ3n) is 2.46. The quantitative estimate of drug-likeness (QED) is 0.632. The molecule has 0 fully saturated rings. The molecule has 0 saturated heterocycles. The summed E-state index contributed by atoms with van der Waals surface area (Å²) in [7, 11) is 0. The Balaban J connectivity index is 5.19. The minimum absolute atomic E-state index is 0.193. The largest absolute Gasteiger partial charge is 0.428 e. The molecule has 110 valence electrons. The van der Waals surface area contributed by atoms with Crippen LogP contribution in [0.2, 0.25) is 0 Å². The fourth-order valence-electron chi connectivity index (χ4n) is 1.42. The van der Waals surface area contributed by atoms with Gasteiger partial charge in [-0.15, -0.1) is 0 Å². The molecule has 0 saturated carbocycles.